The molecular weight excluding hydrogens is 338 g/mol. The summed E-state index contributed by atoms with van der Waals surface area (Å²) in [5, 5.41) is 9.81. The normalized spacial score (nSPS) is 17.3. The van der Waals surface area contributed by atoms with Crippen LogP contribution in [-0.2, 0) is 0 Å². The Morgan fingerprint density at radius 2 is 2.00 bits per heavy atom. The molecule has 142 valence electrons. The van der Waals surface area contributed by atoms with Gasteiger partial charge in [-0.25, -0.2) is 0 Å². The molecule has 1 amide bonds. The summed E-state index contributed by atoms with van der Waals surface area (Å²) in [4.78, 5) is 17.0. The molecule has 0 unspecified atom stereocenters. The van der Waals surface area contributed by atoms with Crippen molar-refractivity contribution in [1.29, 1.82) is 5.26 Å². The highest BCUT2D eigenvalue weighted by Gasteiger charge is 2.31. The summed E-state index contributed by atoms with van der Waals surface area (Å²) in [7, 11) is 0. The van der Waals surface area contributed by atoms with Gasteiger partial charge >= 0.3 is 0 Å². The number of aryl methyl sites for hydroxylation is 2. The van der Waals surface area contributed by atoms with Gasteiger partial charge in [-0.2, -0.15) is 5.26 Å². The number of hydrogen-bond acceptors (Lipinski definition) is 4. The van der Waals surface area contributed by atoms with Gasteiger partial charge in [0.05, 0.1) is 23.1 Å². The lowest BCUT2D eigenvalue weighted by molar-refractivity contribution is 0.0672. The van der Waals surface area contributed by atoms with Crippen molar-refractivity contribution >= 4 is 11.6 Å². The number of rotatable bonds is 3. The van der Waals surface area contributed by atoms with E-state index in [-0.39, 0.29) is 11.9 Å². The van der Waals surface area contributed by atoms with Gasteiger partial charge in [-0.15, -0.1) is 0 Å². The van der Waals surface area contributed by atoms with Gasteiger partial charge in [0, 0.05) is 25.7 Å². The number of carbonyl (C=O) groups is 1. The average molecular weight is 365 g/mol. The van der Waals surface area contributed by atoms with Crippen LogP contribution in [0.25, 0.3) is 0 Å². The van der Waals surface area contributed by atoms with Gasteiger partial charge in [0.1, 0.15) is 11.8 Å². The lowest BCUT2D eigenvalue weighted by Gasteiger charge is -2.41. The number of carbonyl (C=O) groups excluding carboxylic acids is 1. The molecule has 3 rings (SSSR count). The Morgan fingerprint density at radius 1 is 1.26 bits per heavy atom. The Bertz CT molecular complexity index is 891. The van der Waals surface area contributed by atoms with E-state index in [9.17, 15) is 10.1 Å². The van der Waals surface area contributed by atoms with Crippen molar-refractivity contribution in [3.8, 4) is 6.07 Å². The van der Waals surface area contributed by atoms with Crippen molar-refractivity contribution in [1.82, 2.24) is 4.90 Å². The van der Waals surface area contributed by atoms with Crippen molar-refractivity contribution in [3.05, 3.63) is 52.5 Å². The van der Waals surface area contributed by atoms with E-state index in [0.717, 1.165) is 22.4 Å². The summed E-state index contributed by atoms with van der Waals surface area (Å²) in [6.07, 6.45) is 1.56. The zero-order valence-corrected chi connectivity index (χ0v) is 16.7. The second-order valence-electron chi connectivity index (χ2n) is 7.64. The third-order valence-corrected chi connectivity index (χ3v) is 5.45. The summed E-state index contributed by atoms with van der Waals surface area (Å²) in [5.74, 6) is 0.964. The van der Waals surface area contributed by atoms with Gasteiger partial charge in [-0.05, 0) is 49.9 Å². The first-order valence-electron chi connectivity index (χ1n) is 9.48. The number of furan rings is 1. The quantitative estimate of drug-likeness (QED) is 0.816. The molecule has 1 atom stereocenters. The average Bonchev–Trinajstić information content (AvgIpc) is 3.06. The first-order chi connectivity index (χ1) is 12.8. The zero-order chi connectivity index (χ0) is 19.7. The first-order valence-corrected chi connectivity index (χ1v) is 9.48. The van der Waals surface area contributed by atoms with Crippen molar-refractivity contribution in [2.24, 2.45) is 0 Å². The predicted octanol–water partition coefficient (Wildman–Crippen LogP) is 4.24. The minimum absolute atomic E-state index is 0.0145. The summed E-state index contributed by atoms with van der Waals surface area (Å²) >= 11 is 0. The van der Waals surface area contributed by atoms with Crippen molar-refractivity contribution in [2.75, 3.05) is 24.5 Å². The van der Waals surface area contributed by atoms with Crippen LogP contribution < -0.4 is 4.90 Å². The highest BCUT2D eigenvalue weighted by Crippen LogP contribution is 2.32. The topological polar surface area (TPSA) is 60.5 Å². The van der Waals surface area contributed by atoms with Gasteiger partial charge in [-0.1, -0.05) is 19.9 Å². The van der Waals surface area contributed by atoms with Gasteiger partial charge < -0.3 is 14.2 Å². The Labute approximate surface area is 161 Å². The molecule has 1 fully saturated rings. The highest BCUT2D eigenvalue weighted by molar-refractivity contribution is 5.95. The molecule has 1 aliphatic rings. The molecule has 1 aromatic heterocycles. The van der Waals surface area contributed by atoms with Crippen LogP contribution in [0.1, 0.15) is 59.5 Å². The standard InChI is InChI=1S/C22H27N3O2/c1-14(2)21-15(3)6-7-20(19(21)12-23)24-9-10-25(16(4)13-24)22(26)18-8-11-27-17(18)5/h6-8,11,14,16H,9-10,13H2,1-5H3/t16-/m1/s1. The maximum absolute atomic E-state index is 12.8. The van der Waals surface area contributed by atoms with Crippen LogP contribution in [0.4, 0.5) is 5.69 Å². The molecule has 1 aromatic carbocycles. The predicted molar refractivity (Wildman–Crippen MR) is 106 cm³/mol. The maximum Gasteiger partial charge on any atom is 0.257 e. The molecule has 0 radical (unpaired) electrons. The number of piperazine rings is 1. The van der Waals surface area contributed by atoms with Crippen LogP contribution in [0, 0.1) is 25.2 Å². The molecule has 2 aromatic rings. The largest absolute Gasteiger partial charge is 0.469 e. The van der Waals surface area contributed by atoms with E-state index in [4.69, 9.17) is 4.42 Å². The van der Waals surface area contributed by atoms with E-state index >= 15 is 0 Å². The van der Waals surface area contributed by atoms with Gasteiger partial charge in [-0.3, -0.25) is 4.79 Å². The molecule has 0 aliphatic carbocycles. The van der Waals surface area contributed by atoms with E-state index in [1.54, 1.807) is 12.3 Å². The minimum Gasteiger partial charge on any atom is -0.469 e. The second kappa shape index (κ2) is 7.48. The summed E-state index contributed by atoms with van der Waals surface area (Å²) < 4.78 is 5.29. The number of nitriles is 1. The summed E-state index contributed by atoms with van der Waals surface area (Å²) in [6.45, 7) is 12.2. The van der Waals surface area contributed by atoms with E-state index in [0.29, 0.717) is 36.9 Å². The van der Waals surface area contributed by atoms with Crippen LogP contribution >= 0.6 is 0 Å². The van der Waals surface area contributed by atoms with Crippen LogP contribution in [0.2, 0.25) is 0 Å². The first kappa shape index (κ1) is 19.0. The lowest BCUT2D eigenvalue weighted by atomic mass is 9.91. The molecular formula is C22H27N3O2. The minimum atomic E-state index is 0.0145. The SMILES string of the molecule is Cc1ccc(N2CCN(C(=O)c3ccoc3C)[C@H](C)C2)c(C#N)c1C(C)C. The molecule has 5 nitrogen and oxygen atoms in total. The molecule has 2 heterocycles. The Balaban J connectivity index is 1.85. The number of amides is 1. The van der Waals surface area contributed by atoms with Crippen molar-refractivity contribution in [3.63, 3.8) is 0 Å². The molecule has 0 spiro atoms. The molecule has 1 aliphatic heterocycles. The Morgan fingerprint density at radius 3 is 2.56 bits per heavy atom. The van der Waals surface area contributed by atoms with Gasteiger partial charge in [0.2, 0.25) is 0 Å². The molecule has 0 N–H and O–H groups in total. The fourth-order valence-electron chi connectivity index (χ4n) is 4.08. The second-order valence-corrected chi connectivity index (χ2v) is 7.64. The van der Waals surface area contributed by atoms with E-state index < -0.39 is 0 Å². The third kappa shape index (κ3) is 3.44. The third-order valence-electron chi connectivity index (χ3n) is 5.45. The smallest absolute Gasteiger partial charge is 0.257 e. The van der Waals surface area contributed by atoms with E-state index in [1.807, 2.05) is 17.9 Å². The van der Waals surface area contributed by atoms with Crippen molar-refractivity contribution < 1.29 is 9.21 Å². The Hall–Kier alpha value is -2.74. The number of hydrogen-bond donors (Lipinski definition) is 0. The molecule has 1 saturated heterocycles. The van der Waals surface area contributed by atoms with Crippen LogP contribution in [0.5, 0.6) is 0 Å². The monoisotopic (exact) mass is 365 g/mol. The van der Waals surface area contributed by atoms with Crippen LogP contribution in [-0.4, -0.2) is 36.5 Å². The Kier molecular flexibility index (Phi) is 5.27. The van der Waals surface area contributed by atoms with Gasteiger partial charge in [0.25, 0.3) is 5.91 Å². The fourth-order valence-corrected chi connectivity index (χ4v) is 4.08. The van der Waals surface area contributed by atoms with Crippen LogP contribution in [0.3, 0.4) is 0 Å². The van der Waals surface area contributed by atoms with Gasteiger partial charge in [0.15, 0.2) is 0 Å². The van der Waals surface area contributed by atoms with Crippen molar-refractivity contribution in [2.45, 2.75) is 46.6 Å². The zero-order valence-electron chi connectivity index (χ0n) is 16.7. The molecule has 5 heteroatoms. The maximum atomic E-state index is 12.8. The number of benzene rings is 1. The highest BCUT2D eigenvalue weighted by atomic mass is 16.3. The van der Waals surface area contributed by atoms with Crippen LogP contribution in [0.15, 0.2) is 28.9 Å². The molecule has 0 saturated carbocycles. The number of anilines is 1. The fraction of sp³-hybridized carbons (Fsp3) is 0.455. The molecule has 27 heavy (non-hydrogen) atoms. The lowest BCUT2D eigenvalue weighted by Crippen LogP contribution is -2.54. The molecule has 0 bridgehead atoms. The van der Waals surface area contributed by atoms with E-state index in [1.165, 1.54) is 0 Å². The summed E-state index contributed by atoms with van der Waals surface area (Å²) in [5.41, 5.74) is 4.65. The summed E-state index contributed by atoms with van der Waals surface area (Å²) in [6, 6.07) is 8.36. The van der Waals surface area contributed by atoms with E-state index in [2.05, 4.69) is 44.7 Å². The number of nitrogens with zero attached hydrogens (tertiary/aromatic N) is 3.